The van der Waals surface area contributed by atoms with Gasteiger partial charge in [-0.2, -0.15) is 5.26 Å². The summed E-state index contributed by atoms with van der Waals surface area (Å²) in [4.78, 5) is 14.0. The van der Waals surface area contributed by atoms with Crippen LogP contribution in [-0.4, -0.2) is 15.0 Å². The van der Waals surface area contributed by atoms with Crippen LogP contribution in [0.4, 0.5) is 0 Å². The smallest absolute Gasteiger partial charge is 0.305 e. The molecule has 0 saturated heterocycles. The maximum Gasteiger partial charge on any atom is 3.00 e. The third-order valence-electron chi connectivity index (χ3n) is 13.4. The van der Waals surface area contributed by atoms with Gasteiger partial charge < -0.3 is 15.0 Å². The third-order valence-corrected chi connectivity index (χ3v) is 13.4. The fourth-order valence-electron chi connectivity index (χ4n) is 9.60. The van der Waals surface area contributed by atoms with Crippen molar-refractivity contribution < 1.29 is 22.8 Å². The number of aromatic nitrogens is 3. The molecular weight excluding hydrogens is 1060 g/mol. The molecule has 73 heavy (non-hydrogen) atoms. The average Bonchev–Trinajstić information content (AvgIpc) is 3.44. The minimum absolute atomic E-state index is 0. The van der Waals surface area contributed by atoms with Crippen LogP contribution in [0.15, 0.2) is 201 Å². The monoisotopic (exact) mass is 1120 g/mol. The molecule has 0 spiro atoms. The van der Waals surface area contributed by atoms with E-state index >= 15 is 0 Å². The SMILES string of the molecule is [2H]C(C)(C)c1cccc(C([2H])(C)C)c1-c1ccnc(-c2[c-]cc(-c3ccccc3-c3cc(CCc4c[c-]c(-c5ccccn5)cc4)cc(CCc4c[c-]c(-c5ccccn5)cc4)c3)c(-c3ccc(C#N)cc3)c2)c1.[Ir+3]. The molecule has 356 valence electrons. The fourth-order valence-corrected chi connectivity index (χ4v) is 9.60. The van der Waals surface area contributed by atoms with E-state index in [1.807, 2.05) is 131 Å². The Kier molecular flexibility index (Phi) is 15.0. The van der Waals surface area contributed by atoms with Gasteiger partial charge in [0.1, 0.15) is 0 Å². The van der Waals surface area contributed by atoms with Gasteiger partial charge in [0.25, 0.3) is 0 Å². The number of rotatable bonds is 15. The van der Waals surface area contributed by atoms with E-state index in [2.05, 4.69) is 131 Å². The molecule has 0 aliphatic rings. The zero-order chi connectivity index (χ0) is 51.2. The summed E-state index contributed by atoms with van der Waals surface area (Å²) in [6.45, 7) is 7.58. The van der Waals surface area contributed by atoms with Gasteiger partial charge in [0.05, 0.1) is 11.6 Å². The molecule has 10 rings (SSSR count). The Labute approximate surface area is 447 Å². The molecule has 0 aliphatic heterocycles. The number of pyridine rings is 3. The molecule has 7 aromatic carbocycles. The molecule has 0 radical (unpaired) electrons. The van der Waals surface area contributed by atoms with E-state index in [-0.39, 0.29) is 20.1 Å². The summed E-state index contributed by atoms with van der Waals surface area (Å²) in [7, 11) is 0. The number of hydrogen-bond acceptors (Lipinski definition) is 4. The molecule has 3 aromatic heterocycles. The second-order valence-electron chi connectivity index (χ2n) is 18.8. The summed E-state index contributed by atoms with van der Waals surface area (Å²) in [5.41, 5.74) is 20.6. The van der Waals surface area contributed by atoms with Crippen LogP contribution in [0.3, 0.4) is 0 Å². The van der Waals surface area contributed by atoms with Crippen LogP contribution in [0.2, 0.25) is 0 Å². The van der Waals surface area contributed by atoms with Crippen LogP contribution < -0.4 is 0 Å². The molecule has 5 heteroatoms. The van der Waals surface area contributed by atoms with Gasteiger partial charge >= 0.3 is 20.1 Å². The van der Waals surface area contributed by atoms with Crippen LogP contribution in [0.1, 0.15) is 81.2 Å². The van der Waals surface area contributed by atoms with E-state index in [0.717, 1.165) is 115 Å². The predicted octanol–water partition coefficient (Wildman–Crippen LogP) is 16.6. The van der Waals surface area contributed by atoms with E-state index in [1.165, 1.54) is 22.3 Å². The Balaban J connectivity index is 0.00000689. The van der Waals surface area contributed by atoms with E-state index in [4.69, 9.17) is 7.73 Å². The van der Waals surface area contributed by atoms with Gasteiger partial charge in [-0.25, -0.2) is 0 Å². The molecule has 0 saturated carbocycles. The standard InChI is InChI=1S/C68H55N4.Ir/c1-46(2)59-14-11-15-60(47(3)4)68(59)57-36-39-72-67(44-57)56-34-35-63(64(43-56)53-28-26-50(45-69)27-29-53)62-13-6-5-12-61(62)58-41-51(20-18-48-22-30-54(31-23-48)65-16-7-9-37-70-65)40-52(42-58)21-19-49-24-32-55(33-25-49)66-17-8-10-38-71-66;/h5-17,22-30,32,35-44,46-47H,18-21H2,1-4H3;/q-3;+3/i46D,47D;. The van der Waals surface area contributed by atoms with Crippen molar-refractivity contribution in [2.24, 2.45) is 0 Å². The van der Waals surface area contributed by atoms with Crippen molar-refractivity contribution in [2.75, 3.05) is 0 Å². The maximum absolute atomic E-state index is 9.81. The third kappa shape index (κ3) is 11.6. The largest absolute Gasteiger partial charge is 3.00 e. The topological polar surface area (TPSA) is 62.5 Å². The Morgan fingerprint density at radius 2 is 0.986 bits per heavy atom. The Morgan fingerprint density at radius 3 is 1.52 bits per heavy atom. The molecule has 0 unspecified atom stereocenters. The van der Waals surface area contributed by atoms with Crippen LogP contribution >= 0.6 is 0 Å². The summed E-state index contributed by atoms with van der Waals surface area (Å²) in [5, 5.41) is 9.81. The van der Waals surface area contributed by atoms with Crippen molar-refractivity contribution in [1.29, 1.82) is 5.26 Å². The second kappa shape index (κ2) is 23.1. The van der Waals surface area contributed by atoms with Gasteiger partial charge in [-0.1, -0.05) is 160 Å². The van der Waals surface area contributed by atoms with Gasteiger partial charge in [-0.15, -0.1) is 94.5 Å². The first-order chi connectivity index (χ1) is 35.9. The van der Waals surface area contributed by atoms with Crippen molar-refractivity contribution >= 4 is 0 Å². The van der Waals surface area contributed by atoms with Crippen LogP contribution in [0.25, 0.3) is 78.3 Å². The number of nitriles is 1. The van der Waals surface area contributed by atoms with Gasteiger partial charge in [0.15, 0.2) is 0 Å². The van der Waals surface area contributed by atoms with Gasteiger partial charge in [-0.05, 0) is 122 Å². The van der Waals surface area contributed by atoms with Gasteiger partial charge in [0.2, 0.25) is 0 Å². The molecule has 10 aromatic rings. The minimum atomic E-state index is -0.901. The zero-order valence-electron chi connectivity index (χ0n) is 43.5. The summed E-state index contributed by atoms with van der Waals surface area (Å²) < 4.78 is 18.2. The molecule has 0 amide bonds. The number of nitrogens with zero attached hydrogens (tertiary/aromatic N) is 4. The van der Waals surface area contributed by atoms with E-state index in [1.54, 1.807) is 0 Å². The first-order valence-corrected chi connectivity index (χ1v) is 24.6. The van der Waals surface area contributed by atoms with Crippen LogP contribution in [0, 0.1) is 29.5 Å². The molecule has 0 aliphatic carbocycles. The molecule has 0 bridgehead atoms. The number of benzene rings is 7. The summed E-state index contributed by atoms with van der Waals surface area (Å²) in [5.74, 6) is -1.80. The molecule has 0 N–H and O–H groups in total. The number of hydrogen-bond donors (Lipinski definition) is 0. The normalized spacial score (nSPS) is 11.8. The van der Waals surface area contributed by atoms with Crippen molar-refractivity contribution in [2.45, 2.75) is 65.2 Å². The molecular formula is C68H55IrN4. The number of aryl methyl sites for hydroxylation is 4. The Morgan fingerprint density at radius 1 is 0.438 bits per heavy atom. The van der Waals surface area contributed by atoms with Crippen LogP contribution in [-0.2, 0) is 45.8 Å². The van der Waals surface area contributed by atoms with Gasteiger partial charge in [0, 0.05) is 21.3 Å². The average molecular weight is 1120 g/mol. The quantitative estimate of drug-likeness (QED) is 0.0960. The van der Waals surface area contributed by atoms with E-state index in [0.29, 0.717) is 5.56 Å². The Bertz CT molecular complexity index is 3480. The predicted molar refractivity (Wildman–Crippen MR) is 295 cm³/mol. The van der Waals surface area contributed by atoms with E-state index < -0.39 is 11.8 Å². The summed E-state index contributed by atoms with van der Waals surface area (Å²) in [6.07, 6.45) is 8.85. The van der Waals surface area contributed by atoms with Crippen LogP contribution in [0.5, 0.6) is 0 Å². The first kappa shape index (κ1) is 47.5. The zero-order valence-corrected chi connectivity index (χ0v) is 43.9. The first-order valence-electron chi connectivity index (χ1n) is 25.6. The molecule has 0 fully saturated rings. The summed E-state index contributed by atoms with van der Waals surface area (Å²) >= 11 is 0. The van der Waals surface area contributed by atoms with E-state index in [9.17, 15) is 5.26 Å². The molecule has 4 nitrogen and oxygen atoms in total. The second-order valence-corrected chi connectivity index (χ2v) is 18.8. The maximum atomic E-state index is 9.81. The van der Waals surface area contributed by atoms with Crippen molar-refractivity contribution in [1.82, 2.24) is 15.0 Å². The fraction of sp³-hybridized carbons (Fsp3) is 0.147. The van der Waals surface area contributed by atoms with Crippen molar-refractivity contribution in [3.05, 3.63) is 258 Å². The summed E-state index contributed by atoms with van der Waals surface area (Å²) in [6, 6.07) is 75.3. The van der Waals surface area contributed by atoms with Crippen molar-refractivity contribution in [3.8, 4) is 84.3 Å². The van der Waals surface area contributed by atoms with Crippen molar-refractivity contribution in [3.63, 3.8) is 0 Å². The minimum Gasteiger partial charge on any atom is -0.305 e. The molecule has 3 heterocycles. The van der Waals surface area contributed by atoms with Gasteiger partial charge in [-0.3, -0.25) is 0 Å². The molecule has 0 atom stereocenters. The Hall–Kier alpha value is -7.87.